The van der Waals surface area contributed by atoms with E-state index in [1.54, 1.807) is 14.2 Å². The van der Waals surface area contributed by atoms with E-state index in [9.17, 15) is 14.4 Å². The van der Waals surface area contributed by atoms with E-state index in [1.165, 1.54) is 16.3 Å². The van der Waals surface area contributed by atoms with Gasteiger partial charge in [0.1, 0.15) is 12.1 Å². The lowest BCUT2D eigenvalue weighted by Crippen LogP contribution is -2.61. The first-order valence-electron chi connectivity index (χ1n) is 19.1. The van der Waals surface area contributed by atoms with E-state index in [0.29, 0.717) is 32.4 Å². The fourth-order valence-corrected chi connectivity index (χ4v) is 8.22. The van der Waals surface area contributed by atoms with Gasteiger partial charge >= 0.3 is 5.97 Å². The minimum Gasteiger partial charge on any atom is -0.464 e. The van der Waals surface area contributed by atoms with Crippen LogP contribution in [-0.2, 0) is 43.2 Å². The van der Waals surface area contributed by atoms with E-state index in [-0.39, 0.29) is 42.6 Å². The van der Waals surface area contributed by atoms with Crippen molar-refractivity contribution < 1.29 is 23.9 Å². The summed E-state index contributed by atoms with van der Waals surface area (Å²) >= 11 is 0. The Morgan fingerprint density at radius 1 is 1.15 bits per heavy atom. The summed E-state index contributed by atoms with van der Waals surface area (Å²) in [7, 11) is 3.46. The predicted molar refractivity (Wildman–Crippen MR) is 208 cm³/mol. The van der Waals surface area contributed by atoms with Crippen molar-refractivity contribution in [3.05, 3.63) is 71.6 Å². The van der Waals surface area contributed by atoms with Crippen molar-refractivity contribution >= 4 is 34.4 Å². The van der Waals surface area contributed by atoms with Crippen LogP contribution in [0.4, 0.5) is 0 Å². The molecule has 53 heavy (non-hydrogen) atoms. The van der Waals surface area contributed by atoms with Crippen molar-refractivity contribution in [3.8, 4) is 11.1 Å². The molecule has 2 amide bonds. The quantitative estimate of drug-likeness (QED) is 0.269. The Morgan fingerprint density at radius 3 is 2.68 bits per heavy atom. The Morgan fingerprint density at radius 2 is 1.94 bits per heavy atom. The zero-order valence-corrected chi connectivity index (χ0v) is 32.3. The number of ether oxygens (including phenoxy) is 2. The van der Waals surface area contributed by atoms with Gasteiger partial charge in [-0.25, -0.2) is 5.43 Å². The average Bonchev–Trinajstić information content (AvgIpc) is 3.45. The number of amides is 2. The Hall–Kier alpha value is -4.32. The second kappa shape index (κ2) is 16.4. The number of nitrogens with one attached hydrogen (secondary N) is 3. The molecular weight excluding hydrogens is 668 g/mol. The fraction of sp³-hybridized carbons (Fsp3) is 0.524. The molecule has 6 rings (SSSR count). The van der Waals surface area contributed by atoms with Gasteiger partial charge < -0.3 is 24.7 Å². The molecule has 11 heteroatoms. The lowest BCUT2D eigenvalue weighted by Gasteiger charge is -2.36. The summed E-state index contributed by atoms with van der Waals surface area (Å²) in [5.74, 6) is -0.841. The van der Waals surface area contributed by atoms with Gasteiger partial charge in [-0.3, -0.25) is 24.4 Å². The topological polar surface area (TPSA) is 126 Å². The van der Waals surface area contributed by atoms with Crippen LogP contribution >= 0.6 is 0 Å². The van der Waals surface area contributed by atoms with Gasteiger partial charge in [-0.15, -0.1) is 0 Å². The molecular formula is C42H56N6O5. The number of benzene rings is 2. The molecule has 11 nitrogen and oxygen atoms in total. The van der Waals surface area contributed by atoms with E-state index in [4.69, 9.17) is 14.5 Å². The minimum atomic E-state index is -0.852. The van der Waals surface area contributed by atoms with Gasteiger partial charge in [0.15, 0.2) is 0 Å². The number of carbonyl (C=O) groups is 3. The molecule has 0 saturated carbocycles. The number of methoxy groups -OCH3 is 1. The SMILES string of the molecule is CCn1c([C@@H]2CC=CN=C2COC)c2c3cc(ccc31)-c1cccc(c1)CC(NC(=O)[C@@H](NC)C(C)C)C(=O)N1CCC[C@H](N1)C(=O)OCC(C)(C)C2. The number of likely N-dealkylation sites (N-methyl/N-ethyl adjacent to an activating group) is 1. The van der Waals surface area contributed by atoms with Gasteiger partial charge in [-0.05, 0) is 80.0 Å². The molecule has 4 heterocycles. The summed E-state index contributed by atoms with van der Waals surface area (Å²) in [6.07, 6.45) is 6.96. The van der Waals surface area contributed by atoms with E-state index >= 15 is 0 Å². The predicted octanol–water partition coefficient (Wildman–Crippen LogP) is 5.31. The number of hydrazine groups is 1. The zero-order chi connectivity index (χ0) is 37.9. The van der Waals surface area contributed by atoms with Crippen LogP contribution in [-0.4, -0.2) is 85.1 Å². The summed E-state index contributed by atoms with van der Waals surface area (Å²) in [5.41, 5.74) is 10.4. The number of carbonyl (C=O) groups excluding carboxylic acids is 3. The Bertz CT molecular complexity index is 1890. The normalized spacial score (nSPS) is 22.7. The molecule has 4 atom stereocenters. The first kappa shape index (κ1) is 38.4. The van der Waals surface area contributed by atoms with Crippen molar-refractivity contribution in [2.24, 2.45) is 16.3 Å². The number of cyclic esters (lactones) is 1. The summed E-state index contributed by atoms with van der Waals surface area (Å²) < 4.78 is 14.1. The van der Waals surface area contributed by atoms with Crippen LogP contribution in [0.25, 0.3) is 22.0 Å². The Balaban J connectivity index is 1.49. The summed E-state index contributed by atoms with van der Waals surface area (Å²) in [4.78, 5) is 46.2. The molecule has 3 aromatic rings. The van der Waals surface area contributed by atoms with Gasteiger partial charge in [-0.2, -0.15) is 0 Å². The summed E-state index contributed by atoms with van der Waals surface area (Å²) in [5, 5.41) is 8.81. The molecule has 6 bridgehead atoms. The van der Waals surface area contributed by atoms with E-state index < -0.39 is 23.5 Å². The molecule has 3 aliphatic heterocycles. The van der Waals surface area contributed by atoms with Gasteiger partial charge in [0.05, 0.1) is 25.0 Å². The minimum absolute atomic E-state index is 0.0190. The van der Waals surface area contributed by atoms with Crippen molar-refractivity contribution in [1.29, 1.82) is 0 Å². The molecule has 3 N–H and O–H groups in total. The highest BCUT2D eigenvalue weighted by Crippen LogP contribution is 2.40. The standard InChI is InChI=1S/C42H56N6O5/c1-8-47-36-17-16-29-22-31(36)32(38(47)30-14-10-18-44-35(30)24-52-7)23-42(4,5)25-53-41(51)33-15-11-19-48(46-33)40(50)34(21-27-12-9-13-28(29)20-27)45-39(49)37(43-6)26(2)3/h9-10,12-13,16-18,20,22,26,30,33-34,37,43,46H,8,11,14-15,19,21,23-25H2,1-7H3,(H,45,49)/t30-,33+,34?,37+/m1/s1. The summed E-state index contributed by atoms with van der Waals surface area (Å²) in [6, 6.07) is 12.9. The monoisotopic (exact) mass is 724 g/mol. The number of hydrogen-bond acceptors (Lipinski definition) is 8. The Kier molecular flexibility index (Phi) is 11.9. The van der Waals surface area contributed by atoms with Crippen LogP contribution in [0.5, 0.6) is 0 Å². The van der Waals surface area contributed by atoms with Gasteiger partial charge in [0.25, 0.3) is 5.91 Å². The smallest absolute Gasteiger partial charge is 0.324 e. The third-order valence-corrected chi connectivity index (χ3v) is 10.8. The third kappa shape index (κ3) is 8.27. The maximum atomic E-state index is 14.2. The number of rotatable bonds is 8. The van der Waals surface area contributed by atoms with Crippen LogP contribution in [0, 0.1) is 11.3 Å². The molecule has 1 saturated heterocycles. The first-order chi connectivity index (χ1) is 25.4. The lowest BCUT2D eigenvalue weighted by atomic mass is 9.82. The number of aromatic nitrogens is 1. The lowest BCUT2D eigenvalue weighted by molar-refractivity contribution is -0.155. The second-order valence-corrected chi connectivity index (χ2v) is 15.8. The van der Waals surface area contributed by atoms with E-state index in [0.717, 1.165) is 46.3 Å². The second-order valence-electron chi connectivity index (χ2n) is 15.8. The molecule has 284 valence electrons. The van der Waals surface area contributed by atoms with Crippen molar-refractivity contribution in [2.75, 3.05) is 33.9 Å². The fourth-order valence-electron chi connectivity index (χ4n) is 8.22. The molecule has 0 radical (unpaired) electrons. The Labute approximate surface area is 313 Å². The highest BCUT2D eigenvalue weighted by atomic mass is 16.5. The number of aliphatic imine (C=N–C) groups is 1. The highest BCUT2D eigenvalue weighted by Gasteiger charge is 2.36. The van der Waals surface area contributed by atoms with Crippen LogP contribution in [0.1, 0.15) is 76.6 Å². The van der Waals surface area contributed by atoms with Crippen molar-refractivity contribution in [3.63, 3.8) is 0 Å². The molecule has 3 aliphatic rings. The highest BCUT2D eigenvalue weighted by molar-refractivity contribution is 5.97. The van der Waals surface area contributed by atoms with Gasteiger partial charge in [-0.1, -0.05) is 64.1 Å². The summed E-state index contributed by atoms with van der Waals surface area (Å²) in [6.45, 7) is 12.3. The number of nitrogens with zero attached hydrogens (tertiary/aromatic N) is 3. The van der Waals surface area contributed by atoms with Crippen molar-refractivity contribution in [1.82, 2.24) is 25.6 Å². The maximum absolute atomic E-state index is 14.2. The van der Waals surface area contributed by atoms with Crippen LogP contribution in [0.15, 0.2) is 59.7 Å². The molecule has 0 aliphatic carbocycles. The molecule has 1 unspecified atom stereocenters. The van der Waals surface area contributed by atoms with Crippen molar-refractivity contribution in [2.45, 2.75) is 97.3 Å². The number of hydrogen-bond donors (Lipinski definition) is 3. The maximum Gasteiger partial charge on any atom is 0.324 e. The average molecular weight is 725 g/mol. The van der Waals surface area contributed by atoms with Gasteiger partial charge in [0.2, 0.25) is 5.91 Å². The van der Waals surface area contributed by atoms with Crippen LogP contribution < -0.4 is 16.1 Å². The number of fused-ring (bicyclic) bond motifs is 6. The van der Waals surface area contributed by atoms with Crippen LogP contribution in [0.2, 0.25) is 0 Å². The van der Waals surface area contributed by atoms with E-state index in [2.05, 4.69) is 77.8 Å². The largest absolute Gasteiger partial charge is 0.464 e. The third-order valence-electron chi connectivity index (χ3n) is 10.8. The van der Waals surface area contributed by atoms with E-state index in [1.807, 2.05) is 32.2 Å². The molecule has 2 aromatic carbocycles. The van der Waals surface area contributed by atoms with Crippen LogP contribution in [0.3, 0.4) is 0 Å². The first-order valence-corrected chi connectivity index (χ1v) is 19.1. The zero-order valence-electron chi connectivity index (χ0n) is 32.3. The molecule has 1 aromatic heterocycles. The number of esters is 1. The number of allylic oxidation sites excluding steroid dienone is 1. The molecule has 0 spiro atoms. The van der Waals surface area contributed by atoms with Gasteiger partial charge in [0, 0.05) is 60.7 Å². The number of aryl methyl sites for hydroxylation is 1. The molecule has 1 fully saturated rings.